The molecule has 0 aliphatic carbocycles. The maximum absolute atomic E-state index is 13.4. The summed E-state index contributed by atoms with van der Waals surface area (Å²) in [6.45, 7) is 12.1. The Morgan fingerprint density at radius 3 is 1.36 bits per heavy atom. The summed E-state index contributed by atoms with van der Waals surface area (Å²) >= 11 is 34.9. The van der Waals surface area contributed by atoms with E-state index in [4.69, 9.17) is 81.7 Å². The zero-order valence-corrected chi connectivity index (χ0v) is 83.9. The van der Waals surface area contributed by atoms with Crippen LogP contribution in [0.25, 0.3) is 54.5 Å². The van der Waals surface area contributed by atoms with Crippen LogP contribution in [0.15, 0.2) is 271 Å². The highest BCUT2D eigenvalue weighted by atomic mass is 79.9. The van der Waals surface area contributed by atoms with Crippen molar-refractivity contribution in [1.82, 2.24) is 49.8 Å². The molecular weight excluding hydrogens is 1950 g/mol. The molecule has 12 aromatic carbocycles. The number of nitrogens with zero attached hydrogens (tertiary/aromatic N) is 5. The first-order valence-corrected chi connectivity index (χ1v) is 49.5. The van der Waals surface area contributed by atoms with E-state index < -0.39 is 0 Å². The fourth-order valence-electron chi connectivity index (χ4n) is 20.0. The van der Waals surface area contributed by atoms with Crippen LogP contribution in [0.5, 0.6) is 17.2 Å². The lowest BCUT2D eigenvalue weighted by Gasteiger charge is -2.36. The summed E-state index contributed by atoms with van der Waals surface area (Å²) in [7, 11) is 4.83. The molecular formula is C112H104BrCl5N12O11. The van der Waals surface area contributed by atoms with Crippen LogP contribution in [-0.4, -0.2) is 141 Å². The van der Waals surface area contributed by atoms with E-state index in [0.717, 1.165) is 181 Å². The standard InChI is InChI=1S/C26H24ClN3O3.C26H23ClN2O2.C23H25BrN2O2.C20H18Cl2N2O2.C17H14ClN3O2/c1-32-19-8-3-16(4-9-19)25-24-21(22-15-17(27)5-12-23(22)29-24)13-14-30(25)26(31)28-18-6-10-20(33-2)11-7-18;1-17(30)29-14-13-22-23-15-20(27)9-12-24(23)28-25(22)26(29)19-7-10-21(11-8-19)31-16-18-5-3-2-4-6-18;1-14(2)15-4-6-16(7-5-15)23-22-18(10-11-26(23)21(27)13-28-3)19-12-17(24)8-9-20(19)25-22;1-2-26-20(25)24-10-9-13-15-11-12(21)7-8-17(15)23-18(13)19(24)14-5-3-4-6-16(14)22;18-11-3-6-15-14(9-11)13-7-8-19-16(17(13)20-15)10-1-4-12(5-2-10)21(22)23/h3-12,15,25,29H,13-14H2,1-2H3,(H,28,31);2-12,15,26,28H,13-14,16H2,1H3;4-9,12,14,23,25H,10-11,13H2,1-3H3;3-8,11,19,23H,2,9-10H2,1H3;1-6,9,16,19-20H,7-8H2. The molecule has 29 heteroatoms. The first-order chi connectivity index (χ1) is 68.4. The summed E-state index contributed by atoms with van der Waals surface area (Å²) in [4.78, 5) is 86.9. The van der Waals surface area contributed by atoms with Crippen molar-refractivity contribution in [3.63, 3.8) is 0 Å². The summed E-state index contributed by atoms with van der Waals surface area (Å²) < 4.78 is 28.0. The number of nitrogens with one attached hydrogen (secondary N) is 7. The second-order valence-electron chi connectivity index (χ2n) is 35.6. The number of methoxy groups -OCH3 is 3. The Hall–Kier alpha value is -13.5. The molecule has 141 heavy (non-hydrogen) atoms. The van der Waals surface area contributed by atoms with Gasteiger partial charge in [-0.1, -0.05) is 197 Å². The zero-order valence-electron chi connectivity index (χ0n) is 78.6. The van der Waals surface area contributed by atoms with Crippen LogP contribution in [-0.2, 0) is 57.8 Å². The number of amides is 5. The number of hydrogen-bond acceptors (Lipinski definition) is 12. The molecule has 0 saturated heterocycles. The van der Waals surface area contributed by atoms with Gasteiger partial charge in [0.1, 0.15) is 36.5 Å². The van der Waals surface area contributed by atoms with Gasteiger partial charge in [0, 0.05) is 177 Å². The number of carbonyl (C=O) groups excluding carboxylic acids is 4. The molecule has 5 aliphatic heterocycles. The lowest BCUT2D eigenvalue weighted by Crippen LogP contribution is -2.43. The van der Waals surface area contributed by atoms with Gasteiger partial charge >= 0.3 is 12.1 Å². The van der Waals surface area contributed by atoms with Crippen molar-refractivity contribution in [2.75, 3.05) is 72.6 Å². The largest absolute Gasteiger partial charge is 0.497 e. The van der Waals surface area contributed by atoms with Crippen LogP contribution in [0.2, 0.25) is 25.1 Å². The van der Waals surface area contributed by atoms with Crippen molar-refractivity contribution in [2.45, 2.75) is 103 Å². The van der Waals surface area contributed by atoms with E-state index in [9.17, 15) is 29.3 Å². The molecule has 7 N–H and O–H groups in total. The molecule has 23 nitrogen and oxygen atoms in total. The zero-order chi connectivity index (χ0) is 98.4. The predicted octanol–water partition coefficient (Wildman–Crippen LogP) is 26.6. The van der Waals surface area contributed by atoms with Gasteiger partial charge in [-0.25, -0.2) is 9.59 Å². The molecule has 5 unspecified atom stereocenters. The molecule has 0 saturated carbocycles. The summed E-state index contributed by atoms with van der Waals surface area (Å²) in [6.07, 6.45) is 3.71. The maximum atomic E-state index is 13.4. The lowest BCUT2D eigenvalue weighted by atomic mass is 9.91. The quantitative estimate of drug-likeness (QED) is 0.0351. The summed E-state index contributed by atoms with van der Waals surface area (Å²) in [6, 6.07) is 85.0. The van der Waals surface area contributed by atoms with Crippen LogP contribution in [0.1, 0.15) is 159 Å². The number of benzene rings is 12. The second kappa shape index (κ2) is 43.3. The Kier molecular flexibility index (Phi) is 30.0. The number of aromatic amines is 5. The number of H-pyrrole nitrogens is 5. The molecule has 0 spiro atoms. The number of fused-ring (bicyclic) bond motifs is 15. The number of non-ortho nitro benzene ring substituents is 1. The fraction of sp³-hybridized carbons (Fsp3) is 0.232. The highest BCUT2D eigenvalue weighted by molar-refractivity contribution is 9.10. The molecule has 17 aromatic rings. The van der Waals surface area contributed by atoms with E-state index in [1.54, 1.807) is 45.3 Å². The molecule has 5 aliphatic rings. The monoisotopic (exact) mass is 2050 g/mol. The SMILES string of the molecule is CC(=O)N1CCc2c([nH]c3ccc(Cl)cc23)C1c1ccc(OCc2ccccc2)cc1.CCOC(=O)N1CCc2c([nH]c3ccc(Cl)cc23)C1c1ccccc1Cl.COCC(=O)N1CCc2c([nH]c3ccc(Br)cc23)C1c1ccc(C(C)C)cc1.COc1ccc(NC(=O)N2CCc3c([nH]c4ccc(Cl)cc34)C2c2ccc(OC)cc2)cc1.O=[N+]([O-])c1ccc(C2NCCc3c2[nH]c2ccc(Cl)cc32)cc1. The summed E-state index contributed by atoms with van der Waals surface area (Å²) in [5.74, 6) is 2.88. The molecule has 10 heterocycles. The minimum atomic E-state index is -0.381. The number of nitro benzene ring substituents is 1. The number of urea groups is 1. The van der Waals surface area contributed by atoms with Gasteiger partial charge in [-0.2, -0.15) is 0 Å². The average Bonchev–Trinajstić information content (AvgIpc) is 1.61. The minimum absolute atomic E-state index is 0.00531. The Morgan fingerprint density at radius 1 is 0.461 bits per heavy atom. The van der Waals surface area contributed by atoms with Crippen molar-refractivity contribution in [1.29, 1.82) is 0 Å². The number of ether oxygens (including phenoxy) is 5. The molecule has 0 bridgehead atoms. The molecule has 5 amide bonds. The van der Waals surface area contributed by atoms with Crippen LogP contribution < -0.4 is 24.8 Å². The number of anilines is 1. The number of nitro groups is 1. The third-order valence-electron chi connectivity index (χ3n) is 26.8. The van der Waals surface area contributed by atoms with Crippen molar-refractivity contribution < 1.29 is 47.8 Å². The van der Waals surface area contributed by atoms with Crippen molar-refractivity contribution in [3.05, 3.63) is 402 Å². The van der Waals surface area contributed by atoms with Crippen molar-refractivity contribution >= 4 is 164 Å². The van der Waals surface area contributed by atoms with Gasteiger partial charge in [-0.3, -0.25) is 24.6 Å². The van der Waals surface area contributed by atoms with E-state index in [0.29, 0.717) is 66.1 Å². The number of halogens is 6. The smallest absolute Gasteiger partial charge is 0.410 e. The summed E-state index contributed by atoms with van der Waals surface area (Å²) in [5.41, 5.74) is 25.0. The Balaban J connectivity index is 0.000000117. The average molecular weight is 2050 g/mol. The van der Waals surface area contributed by atoms with Crippen LogP contribution in [0.3, 0.4) is 0 Å². The van der Waals surface area contributed by atoms with E-state index in [-0.39, 0.29) is 71.4 Å². The van der Waals surface area contributed by atoms with Gasteiger partial charge in [-0.05, 0) is 257 Å². The first-order valence-electron chi connectivity index (χ1n) is 46.8. The van der Waals surface area contributed by atoms with Crippen molar-refractivity contribution in [3.8, 4) is 17.2 Å². The summed E-state index contributed by atoms with van der Waals surface area (Å²) in [5, 5.41) is 26.5. The molecule has 22 rings (SSSR count). The van der Waals surface area contributed by atoms with Crippen LogP contribution in [0, 0.1) is 10.1 Å². The number of hydrogen-bond donors (Lipinski definition) is 7. The normalized spacial score (nSPS) is 16.2. The Bertz CT molecular complexity index is 7460. The Morgan fingerprint density at radius 2 is 0.879 bits per heavy atom. The highest BCUT2D eigenvalue weighted by Gasteiger charge is 2.41. The number of rotatable bonds is 16. The topological polar surface area (TPSA) is 274 Å². The van der Waals surface area contributed by atoms with Crippen molar-refractivity contribution in [2.24, 2.45) is 0 Å². The third-order valence-corrected chi connectivity index (χ3v) is 28.6. The van der Waals surface area contributed by atoms with Gasteiger partial charge in [0.2, 0.25) is 11.8 Å². The minimum Gasteiger partial charge on any atom is -0.497 e. The maximum Gasteiger partial charge on any atom is 0.410 e. The van der Waals surface area contributed by atoms with E-state index in [1.807, 2.05) is 228 Å². The number of carbonyl (C=O) groups is 4. The van der Waals surface area contributed by atoms with E-state index in [2.05, 4.69) is 114 Å². The molecule has 720 valence electrons. The van der Waals surface area contributed by atoms with Crippen LogP contribution >= 0.6 is 73.9 Å². The van der Waals surface area contributed by atoms with Crippen LogP contribution in [0.4, 0.5) is 21.0 Å². The van der Waals surface area contributed by atoms with E-state index >= 15 is 0 Å². The van der Waals surface area contributed by atoms with E-state index in [1.165, 1.54) is 38.8 Å². The van der Waals surface area contributed by atoms with Gasteiger partial charge in [0.05, 0.1) is 49.9 Å². The van der Waals surface area contributed by atoms with Gasteiger partial charge < -0.3 is 73.9 Å². The molecule has 5 atom stereocenters. The molecule has 5 aromatic heterocycles. The predicted molar refractivity (Wildman–Crippen MR) is 564 cm³/mol. The molecule has 0 radical (unpaired) electrons. The Labute approximate surface area is 849 Å². The highest BCUT2D eigenvalue weighted by Crippen LogP contribution is 2.47. The first kappa shape index (κ1) is 97.7. The fourth-order valence-corrected chi connectivity index (χ4v) is 21.3. The third kappa shape index (κ3) is 21.0. The lowest BCUT2D eigenvalue weighted by molar-refractivity contribution is -0.384. The molecule has 0 fully saturated rings. The van der Waals surface area contributed by atoms with Gasteiger partial charge in [-0.15, -0.1) is 0 Å². The number of aromatic nitrogens is 5. The second-order valence-corrected chi connectivity index (χ2v) is 38.6. The van der Waals surface area contributed by atoms with Gasteiger partial charge in [0.25, 0.3) is 5.69 Å². The van der Waals surface area contributed by atoms with Gasteiger partial charge in [0.15, 0.2) is 0 Å².